The summed E-state index contributed by atoms with van der Waals surface area (Å²) in [5.41, 5.74) is 8.26. The number of aromatic carboxylic acids is 1. The van der Waals surface area contributed by atoms with Crippen LogP contribution in [-0.2, 0) is 0 Å². The van der Waals surface area contributed by atoms with Gasteiger partial charge in [0.1, 0.15) is 17.3 Å². The number of hydrogen-bond donors (Lipinski definition) is 3. The average Bonchev–Trinajstić information content (AvgIpc) is 3.09. The molecule has 0 atom stereocenters. The Morgan fingerprint density at radius 3 is 2.79 bits per heavy atom. The van der Waals surface area contributed by atoms with E-state index in [1.54, 1.807) is 12.3 Å². The van der Waals surface area contributed by atoms with Gasteiger partial charge in [-0.1, -0.05) is 0 Å². The molecule has 0 spiro atoms. The number of aromatic amines is 1. The van der Waals surface area contributed by atoms with Gasteiger partial charge in [0.2, 0.25) is 0 Å². The molecule has 0 bridgehead atoms. The number of nitrogens with one attached hydrogen (secondary N) is 1. The fourth-order valence-electron chi connectivity index (χ4n) is 2.01. The largest absolute Gasteiger partial charge is 0.477 e. The van der Waals surface area contributed by atoms with E-state index in [-0.39, 0.29) is 5.69 Å². The zero-order chi connectivity index (χ0) is 13.6. The summed E-state index contributed by atoms with van der Waals surface area (Å²) in [6.07, 6.45) is 3.82. The monoisotopic (exact) mass is 258 g/mol. The molecule has 0 aromatic carbocycles. The number of carboxylic acids is 1. The molecular weight excluding hydrogens is 244 g/mol. The molecule has 1 fully saturated rings. The Kier molecular flexibility index (Phi) is 2.51. The minimum Gasteiger partial charge on any atom is -0.477 e. The van der Waals surface area contributed by atoms with Crippen LogP contribution in [0.15, 0.2) is 12.3 Å². The summed E-state index contributed by atoms with van der Waals surface area (Å²) in [7, 11) is 0. The lowest BCUT2D eigenvalue weighted by atomic mass is 10.1. The standard InChI is InChI=1S/C13H14N4O2/c1-6-10(8-4-9(13(18)19)15-5-8)16-12(7-2-3-7)17-11(6)14/h4-5,7,15H,2-3H2,1H3,(H,18,19)(H2,14,16,17). The fraction of sp³-hybridized carbons (Fsp3) is 0.308. The summed E-state index contributed by atoms with van der Waals surface area (Å²) < 4.78 is 0. The molecule has 0 radical (unpaired) electrons. The van der Waals surface area contributed by atoms with E-state index >= 15 is 0 Å². The van der Waals surface area contributed by atoms with Crippen LogP contribution in [-0.4, -0.2) is 26.0 Å². The number of nitrogens with zero attached hydrogens (tertiary/aromatic N) is 2. The molecule has 0 unspecified atom stereocenters. The van der Waals surface area contributed by atoms with Gasteiger partial charge in [-0.3, -0.25) is 0 Å². The van der Waals surface area contributed by atoms with Crippen molar-refractivity contribution in [3.63, 3.8) is 0 Å². The molecule has 2 aromatic rings. The number of rotatable bonds is 3. The molecule has 1 aliphatic rings. The van der Waals surface area contributed by atoms with Gasteiger partial charge in [-0.2, -0.15) is 0 Å². The second-order valence-corrected chi connectivity index (χ2v) is 4.82. The maximum Gasteiger partial charge on any atom is 0.352 e. The Bertz CT molecular complexity index is 659. The van der Waals surface area contributed by atoms with Crippen LogP contribution in [0.25, 0.3) is 11.3 Å². The van der Waals surface area contributed by atoms with Crippen molar-refractivity contribution >= 4 is 11.8 Å². The lowest BCUT2D eigenvalue weighted by Gasteiger charge is -2.08. The molecule has 0 saturated heterocycles. The van der Waals surface area contributed by atoms with Gasteiger partial charge in [-0.05, 0) is 25.8 Å². The highest BCUT2D eigenvalue weighted by molar-refractivity contribution is 5.87. The number of aromatic nitrogens is 3. The third-order valence-corrected chi connectivity index (χ3v) is 3.33. The number of anilines is 1. The van der Waals surface area contributed by atoms with Crippen molar-refractivity contribution in [3.8, 4) is 11.3 Å². The van der Waals surface area contributed by atoms with Crippen LogP contribution in [0.1, 0.15) is 40.6 Å². The van der Waals surface area contributed by atoms with Crippen molar-refractivity contribution in [2.45, 2.75) is 25.7 Å². The summed E-state index contributed by atoms with van der Waals surface area (Å²) in [5, 5.41) is 8.93. The van der Waals surface area contributed by atoms with Crippen LogP contribution in [0.4, 0.5) is 5.82 Å². The van der Waals surface area contributed by atoms with Crippen molar-refractivity contribution in [2.24, 2.45) is 0 Å². The van der Waals surface area contributed by atoms with Gasteiger partial charge in [-0.25, -0.2) is 14.8 Å². The van der Waals surface area contributed by atoms with E-state index in [1.165, 1.54) is 0 Å². The molecule has 4 N–H and O–H groups in total. The average molecular weight is 258 g/mol. The third-order valence-electron chi connectivity index (χ3n) is 3.33. The molecule has 0 amide bonds. The topological polar surface area (TPSA) is 105 Å². The Hall–Kier alpha value is -2.37. The first kappa shape index (κ1) is 11.7. The summed E-state index contributed by atoms with van der Waals surface area (Å²) in [6, 6.07) is 1.56. The van der Waals surface area contributed by atoms with E-state index in [9.17, 15) is 4.79 Å². The van der Waals surface area contributed by atoms with Crippen LogP contribution >= 0.6 is 0 Å². The first-order valence-electron chi connectivity index (χ1n) is 6.12. The molecule has 1 aliphatic carbocycles. The molecular formula is C13H14N4O2. The highest BCUT2D eigenvalue weighted by Gasteiger charge is 2.28. The number of carbonyl (C=O) groups is 1. The molecule has 98 valence electrons. The van der Waals surface area contributed by atoms with Crippen LogP contribution in [0, 0.1) is 6.92 Å². The van der Waals surface area contributed by atoms with Crippen molar-refractivity contribution in [3.05, 3.63) is 29.3 Å². The zero-order valence-electron chi connectivity index (χ0n) is 10.5. The maximum atomic E-state index is 10.9. The van der Waals surface area contributed by atoms with Gasteiger partial charge >= 0.3 is 5.97 Å². The summed E-state index contributed by atoms with van der Waals surface area (Å²) >= 11 is 0. The van der Waals surface area contributed by atoms with Crippen LogP contribution < -0.4 is 5.73 Å². The smallest absolute Gasteiger partial charge is 0.352 e. The third kappa shape index (κ3) is 2.05. The van der Waals surface area contributed by atoms with Crippen LogP contribution in [0.2, 0.25) is 0 Å². The molecule has 6 heteroatoms. The highest BCUT2D eigenvalue weighted by atomic mass is 16.4. The molecule has 6 nitrogen and oxygen atoms in total. The maximum absolute atomic E-state index is 10.9. The SMILES string of the molecule is Cc1c(N)nc(C2CC2)nc1-c1c[nH]c(C(=O)O)c1. The molecule has 3 rings (SSSR count). The molecule has 1 saturated carbocycles. The Labute approximate surface area is 109 Å². The Morgan fingerprint density at radius 2 is 2.21 bits per heavy atom. The zero-order valence-corrected chi connectivity index (χ0v) is 10.5. The summed E-state index contributed by atoms with van der Waals surface area (Å²) in [6.45, 7) is 1.84. The minimum atomic E-state index is -0.992. The van der Waals surface area contributed by atoms with Gasteiger partial charge < -0.3 is 15.8 Å². The van der Waals surface area contributed by atoms with Gasteiger partial charge in [0, 0.05) is 23.2 Å². The minimum absolute atomic E-state index is 0.138. The lowest BCUT2D eigenvalue weighted by molar-refractivity contribution is 0.0691. The van der Waals surface area contributed by atoms with E-state index in [4.69, 9.17) is 10.8 Å². The number of carboxylic acid groups (broad SMARTS) is 1. The van der Waals surface area contributed by atoms with E-state index in [1.807, 2.05) is 6.92 Å². The first-order chi connectivity index (χ1) is 9.06. The van der Waals surface area contributed by atoms with Gasteiger partial charge in [0.25, 0.3) is 0 Å². The normalized spacial score (nSPS) is 14.6. The van der Waals surface area contributed by atoms with Gasteiger partial charge in [0.15, 0.2) is 0 Å². The molecule has 2 aromatic heterocycles. The fourth-order valence-corrected chi connectivity index (χ4v) is 2.01. The second kappa shape index (κ2) is 4.08. The van der Waals surface area contributed by atoms with Crippen molar-refractivity contribution in [2.75, 3.05) is 5.73 Å². The second-order valence-electron chi connectivity index (χ2n) is 4.82. The van der Waals surface area contributed by atoms with Gasteiger partial charge in [-0.15, -0.1) is 0 Å². The van der Waals surface area contributed by atoms with E-state index in [0.717, 1.165) is 29.8 Å². The van der Waals surface area contributed by atoms with Gasteiger partial charge in [0.05, 0.1) is 5.69 Å². The first-order valence-corrected chi connectivity index (χ1v) is 6.12. The van der Waals surface area contributed by atoms with Crippen LogP contribution in [0.5, 0.6) is 0 Å². The number of nitrogen functional groups attached to an aromatic ring is 1. The summed E-state index contributed by atoms with van der Waals surface area (Å²) in [4.78, 5) is 22.4. The molecule has 19 heavy (non-hydrogen) atoms. The van der Waals surface area contributed by atoms with Crippen molar-refractivity contribution in [1.29, 1.82) is 0 Å². The van der Waals surface area contributed by atoms with E-state index < -0.39 is 5.97 Å². The number of H-pyrrole nitrogens is 1. The number of hydrogen-bond acceptors (Lipinski definition) is 4. The number of nitrogens with two attached hydrogens (primary N) is 1. The molecule has 0 aliphatic heterocycles. The predicted octanol–water partition coefficient (Wildman–Crippen LogP) is 1.94. The summed E-state index contributed by atoms with van der Waals surface area (Å²) in [5.74, 6) is 0.633. The van der Waals surface area contributed by atoms with E-state index in [0.29, 0.717) is 17.4 Å². The van der Waals surface area contributed by atoms with Crippen molar-refractivity contribution in [1.82, 2.24) is 15.0 Å². The molecule has 2 heterocycles. The van der Waals surface area contributed by atoms with Crippen LogP contribution in [0.3, 0.4) is 0 Å². The Balaban J connectivity index is 2.09. The Morgan fingerprint density at radius 1 is 1.47 bits per heavy atom. The quantitative estimate of drug-likeness (QED) is 0.780. The van der Waals surface area contributed by atoms with Crippen molar-refractivity contribution < 1.29 is 9.90 Å². The van der Waals surface area contributed by atoms with E-state index in [2.05, 4.69) is 15.0 Å². The predicted molar refractivity (Wildman–Crippen MR) is 69.9 cm³/mol. The lowest BCUT2D eigenvalue weighted by Crippen LogP contribution is -2.03. The highest BCUT2D eigenvalue weighted by Crippen LogP contribution is 2.39.